The standard InChI is InChI=1S/C18H14FN5O/c19-15-8-6-14(7-9-15)11-24-17-16(21-22-24)18(25)23(12-20-17)10-13-4-2-1-3-5-13/h1-9,12H,10-11H2. The molecule has 124 valence electrons. The topological polar surface area (TPSA) is 65.6 Å². The van der Waals surface area contributed by atoms with Crippen molar-refractivity contribution in [2.75, 3.05) is 0 Å². The number of hydrogen-bond donors (Lipinski definition) is 0. The van der Waals surface area contributed by atoms with E-state index in [1.165, 1.54) is 27.7 Å². The fourth-order valence-corrected chi connectivity index (χ4v) is 2.65. The Morgan fingerprint density at radius 2 is 1.64 bits per heavy atom. The SMILES string of the molecule is O=c1c2nnn(Cc3ccc(F)cc3)c2ncn1Cc1ccccc1. The maximum absolute atomic E-state index is 13.0. The Labute approximate surface area is 142 Å². The smallest absolute Gasteiger partial charge is 0.283 e. The minimum Gasteiger partial charge on any atom is -0.293 e. The number of benzene rings is 2. The molecule has 0 N–H and O–H groups in total. The summed E-state index contributed by atoms with van der Waals surface area (Å²) in [6.07, 6.45) is 1.50. The highest BCUT2D eigenvalue weighted by Gasteiger charge is 2.12. The van der Waals surface area contributed by atoms with Crippen LogP contribution in [0.2, 0.25) is 0 Å². The lowest BCUT2D eigenvalue weighted by Crippen LogP contribution is -2.21. The third kappa shape index (κ3) is 3.03. The maximum Gasteiger partial charge on any atom is 0.283 e. The van der Waals surface area contributed by atoms with Crippen molar-refractivity contribution in [2.45, 2.75) is 13.1 Å². The summed E-state index contributed by atoms with van der Waals surface area (Å²) in [6.45, 7) is 0.791. The second kappa shape index (κ2) is 6.27. The van der Waals surface area contributed by atoms with E-state index in [0.29, 0.717) is 18.7 Å². The summed E-state index contributed by atoms with van der Waals surface area (Å²) in [5, 5.41) is 8.00. The molecule has 0 atom stereocenters. The summed E-state index contributed by atoms with van der Waals surface area (Å²) in [5.74, 6) is -0.297. The summed E-state index contributed by atoms with van der Waals surface area (Å²) in [4.78, 5) is 16.9. The van der Waals surface area contributed by atoms with E-state index < -0.39 is 0 Å². The first kappa shape index (κ1) is 15.2. The van der Waals surface area contributed by atoms with Crippen LogP contribution in [0.5, 0.6) is 0 Å². The molecule has 2 aromatic heterocycles. The summed E-state index contributed by atoms with van der Waals surface area (Å²) < 4.78 is 16.1. The zero-order valence-electron chi connectivity index (χ0n) is 13.2. The van der Waals surface area contributed by atoms with Crippen molar-refractivity contribution in [1.29, 1.82) is 0 Å². The zero-order valence-corrected chi connectivity index (χ0v) is 13.2. The Hall–Kier alpha value is -3.35. The molecule has 0 amide bonds. The van der Waals surface area contributed by atoms with Crippen LogP contribution in [-0.2, 0) is 13.1 Å². The van der Waals surface area contributed by atoms with Crippen LogP contribution in [0.15, 0.2) is 65.7 Å². The van der Waals surface area contributed by atoms with Crippen molar-refractivity contribution in [3.8, 4) is 0 Å². The summed E-state index contributed by atoms with van der Waals surface area (Å²) in [5.41, 5.74) is 2.26. The normalized spacial score (nSPS) is 11.1. The van der Waals surface area contributed by atoms with Gasteiger partial charge in [-0.05, 0) is 23.3 Å². The van der Waals surface area contributed by atoms with Gasteiger partial charge in [0.2, 0.25) is 0 Å². The fourth-order valence-electron chi connectivity index (χ4n) is 2.65. The quantitative estimate of drug-likeness (QED) is 0.574. The second-order valence-corrected chi connectivity index (χ2v) is 5.71. The Morgan fingerprint density at radius 3 is 2.40 bits per heavy atom. The summed E-state index contributed by atoms with van der Waals surface area (Å²) in [6, 6.07) is 15.8. The first-order valence-corrected chi connectivity index (χ1v) is 7.78. The van der Waals surface area contributed by atoms with E-state index in [0.717, 1.165) is 11.1 Å². The van der Waals surface area contributed by atoms with E-state index in [-0.39, 0.29) is 16.9 Å². The van der Waals surface area contributed by atoms with Crippen LogP contribution in [0.25, 0.3) is 11.2 Å². The summed E-state index contributed by atoms with van der Waals surface area (Å²) >= 11 is 0. The van der Waals surface area contributed by atoms with Crippen molar-refractivity contribution >= 4 is 11.2 Å². The molecule has 0 saturated carbocycles. The van der Waals surface area contributed by atoms with Gasteiger partial charge < -0.3 is 0 Å². The van der Waals surface area contributed by atoms with Crippen LogP contribution >= 0.6 is 0 Å². The molecule has 0 radical (unpaired) electrons. The molecule has 0 unspecified atom stereocenters. The first-order chi connectivity index (χ1) is 12.2. The van der Waals surface area contributed by atoms with Gasteiger partial charge in [-0.25, -0.2) is 14.1 Å². The van der Waals surface area contributed by atoms with Crippen LogP contribution in [0.1, 0.15) is 11.1 Å². The van der Waals surface area contributed by atoms with Crippen LogP contribution in [-0.4, -0.2) is 24.5 Å². The number of halogens is 1. The van der Waals surface area contributed by atoms with Crippen molar-refractivity contribution in [3.63, 3.8) is 0 Å². The molecule has 0 aliphatic rings. The average Bonchev–Trinajstić information content (AvgIpc) is 3.04. The number of hydrogen-bond acceptors (Lipinski definition) is 4. The van der Waals surface area contributed by atoms with Gasteiger partial charge in [0.05, 0.1) is 13.1 Å². The minimum absolute atomic E-state index is 0.223. The lowest BCUT2D eigenvalue weighted by molar-refractivity contribution is 0.623. The molecule has 4 rings (SSSR count). The second-order valence-electron chi connectivity index (χ2n) is 5.71. The molecular formula is C18H14FN5O. The molecular weight excluding hydrogens is 321 g/mol. The van der Waals surface area contributed by atoms with Gasteiger partial charge in [0, 0.05) is 0 Å². The van der Waals surface area contributed by atoms with Crippen LogP contribution in [0.3, 0.4) is 0 Å². The Balaban J connectivity index is 1.67. The Morgan fingerprint density at radius 1 is 0.920 bits per heavy atom. The van der Waals surface area contributed by atoms with Gasteiger partial charge in [-0.2, -0.15) is 0 Å². The Kier molecular flexibility index (Phi) is 3.81. The molecule has 4 aromatic rings. The minimum atomic E-state index is -0.297. The Bertz CT molecular complexity index is 1070. The lowest BCUT2D eigenvalue weighted by Gasteiger charge is -2.05. The van der Waals surface area contributed by atoms with Gasteiger partial charge in [0.25, 0.3) is 5.56 Å². The van der Waals surface area contributed by atoms with Crippen LogP contribution in [0, 0.1) is 5.82 Å². The maximum atomic E-state index is 13.0. The van der Waals surface area contributed by atoms with Crippen molar-refractivity contribution in [1.82, 2.24) is 24.5 Å². The van der Waals surface area contributed by atoms with Crippen LogP contribution < -0.4 is 5.56 Å². The van der Waals surface area contributed by atoms with E-state index in [2.05, 4.69) is 15.3 Å². The predicted molar refractivity (Wildman–Crippen MR) is 90.6 cm³/mol. The number of rotatable bonds is 4. The predicted octanol–water partition coefficient (Wildman–Crippen LogP) is 2.22. The zero-order chi connectivity index (χ0) is 17.2. The van der Waals surface area contributed by atoms with E-state index in [1.807, 2.05) is 30.3 Å². The van der Waals surface area contributed by atoms with Crippen LogP contribution in [0.4, 0.5) is 4.39 Å². The molecule has 7 heteroatoms. The number of aromatic nitrogens is 5. The molecule has 0 aliphatic heterocycles. The number of fused-ring (bicyclic) bond motifs is 1. The van der Waals surface area contributed by atoms with E-state index >= 15 is 0 Å². The number of nitrogens with zero attached hydrogens (tertiary/aromatic N) is 5. The van der Waals surface area contributed by atoms with Gasteiger partial charge in [-0.1, -0.05) is 47.7 Å². The van der Waals surface area contributed by atoms with E-state index in [9.17, 15) is 9.18 Å². The third-order valence-electron chi connectivity index (χ3n) is 3.93. The molecule has 0 saturated heterocycles. The molecule has 0 fully saturated rings. The van der Waals surface area contributed by atoms with Crippen molar-refractivity contribution in [3.05, 3.63) is 88.2 Å². The molecule has 2 aromatic carbocycles. The largest absolute Gasteiger partial charge is 0.293 e. The molecule has 2 heterocycles. The molecule has 0 bridgehead atoms. The van der Waals surface area contributed by atoms with E-state index in [4.69, 9.17) is 0 Å². The molecule has 25 heavy (non-hydrogen) atoms. The lowest BCUT2D eigenvalue weighted by atomic mass is 10.2. The van der Waals surface area contributed by atoms with Gasteiger partial charge in [0.1, 0.15) is 12.1 Å². The monoisotopic (exact) mass is 335 g/mol. The highest BCUT2D eigenvalue weighted by atomic mass is 19.1. The average molecular weight is 335 g/mol. The first-order valence-electron chi connectivity index (χ1n) is 7.78. The van der Waals surface area contributed by atoms with Crippen molar-refractivity contribution < 1.29 is 4.39 Å². The molecule has 6 nitrogen and oxygen atoms in total. The van der Waals surface area contributed by atoms with Crippen molar-refractivity contribution in [2.24, 2.45) is 0 Å². The van der Waals surface area contributed by atoms with Gasteiger partial charge in [0.15, 0.2) is 11.2 Å². The molecule has 0 spiro atoms. The highest BCUT2D eigenvalue weighted by molar-refractivity contribution is 5.67. The van der Waals surface area contributed by atoms with Gasteiger partial charge in [-0.3, -0.25) is 9.36 Å². The van der Waals surface area contributed by atoms with E-state index in [1.54, 1.807) is 12.1 Å². The third-order valence-corrected chi connectivity index (χ3v) is 3.93. The van der Waals surface area contributed by atoms with Gasteiger partial charge in [-0.15, -0.1) is 5.10 Å². The van der Waals surface area contributed by atoms with Gasteiger partial charge >= 0.3 is 0 Å². The molecule has 0 aliphatic carbocycles. The highest BCUT2D eigenvalue weighted by Crippen LogP contribution is 2.09. The fraction of sp³-hybridized carbons (Fsp3) is 0.111. The summed E-state index contributed by atoms with van der Waals surface area (Å²) in [7, 11) is 0.